The molecule has 1 unspecified atom stereocenters. The zero-order chi connectivity index (χ0) is 14.1. The SMILES string of the molecule is CCC(C)(C)C(=O)N1CCC(C(=O)O)(C(C)C)C1. The van der Waals surface area contributed by atoms with E-state index in [0.717, 1.165) is 6.42 Å². The second kappa shape index (κ2) is 4.90. The number of aliphatic carboxylic acids is 1. The minimum absolute atomic E-state index is 0.0394. The van der Waals surface area contributed by atoms with Crippen molar-refractivity contribution in [2.24, 2.45) is 16.7 Å². The van der Waals surface area contributed by atoms with Crippen LogP contribution in [0.15, 0.2) is 0 Å². The van der Waals surface area contributed by atoms with Crippen LogP contribution >= 0.6 is 0 Å². The highest BCUT2D eigenvalue weighted by Gasteiger charge is 2.49. The van der Waals surface area contributed by atoms with Crippen molar-refractivity contribution < 1.29 is 14.7 Å². The monoisotopic (exact) mass is 255 g/mol. The average Bonchev–Trinajstić information content (AvgIpc) is 2.74. The van der Waals surface area contributed by atoms with Gasteiger partial charge in [0.15, 0.2) is 0 Å². The highest BCUT2D eigenvalue weighted by molar-refractivity contribution is 5.84. The van der Waals surface area contributed by atoms with E-state index < -0.39 is 16.8 Å². The second-order valence-corrected chi connectivity index (χ2v) is 6.33. The molecule has 0 aliphatic carbocycles. The Kier molecular flexibility index (Phi) is 4.08. The summed E-state index contributed by atoms with van der Waals surface area (Å²) in [5.41, 5.74) is -1.16. The Morgan fingerprint density at radius 2 is 1.94 bits per heavy atom. The first-order valence-corrected chi connectivity index (χ1v) is 6.70. The van der Waals surface area contributed by atoms with E-state index in [1.54, 1.807) is 4.90 Å². The molecule has 0 aromatic heterocycles. The Morgan fingerprint density at radius 1 is 1.39 bits per heavy atom. The smallest absolute Gasteiger partial charge is 0.311 e. The van der Waals surface area contributed by atoms with E-state index in [4.69, 9.17) is 0 Å². The summed E-state index contributed by atoms with van der Waals surface area (Å²) >= 11 is 0. The van der Waals surface area contributed by atoms with Gasteiger partial charge in [0.1, 0.15) is 0 Å². The summed E-state index contributed by atoms with van der Waals surface area (Å²) in [6.45, 7) is 10.6. The van der Waals surface area contributed by atoms with Crippen molar-refractivity contribution in [3.63, 3.8) is 0 Å². The lowest BCUT2D eigenvalue weighted by molar-refractivity contribution is -0.152. The number of nitrogens with zero attached hydrogens (tertiary/aromatic N) is 1. The third-order valence-electron chi connectivity index (χ3n) is 4.58. The van der Waals surface area contributed by atoms with E-state index in [0.29, 0.717) is 19.5 Å². The van der Waals surface area contributed by atoms with Gasteiger partial charge >= 0.3 is 5.97 Å². The molecular formula is C14H25NO3. The number of amides is 1. The fraction of sp³-hybridized carbons (Fsp3) is 0.857. The van der Waals surface area contributed by atoms with Crippen LogP contribution in [0.2, 0.25) is 0 Å². The van der Waals surface area contributed by atoms with Gasteiger partial charge in [-0.05, 0) is 18.8 Å². The van der Waals surface area contributed by atoms with Crippen LogP contribution in [0.1, 0.15) is 47.5 Å². The van der Waals surface area contributed by atoms with Gasteiger partial charge in [0.05, 0.1) is 5.41 Å². The Morgan fingerprint density at radius 3 is 2.28 bits per heavy atom. The number of carboxylic acid groups (broad SMARTS) is 1. The normalized spacial score (nSPS) is 24.7. The molecule has 0 spiro atoms. The van der Waals surface area contributed by atoms with Gasteiger partial charge in [-0.25, -0.2) is 0 Å². The molecule has 0 radical (unpaired) electrons. The van der Waals surface area contributed by atoms with Gasteiger partial charge in [0.25, 0.3) is 0 Å². The Balaban J connectivity index is 2.89. The number of hydrogen-bond donors (Lipinski definition) is 1. The highest BCUT2D eigenvalue weighted by Crippen LogP contribution is 2.39. The van der Waals surface area contributed by atoms with Crippen LogP contribution in [-0.2, 0) is 9.59 Å². The summed E-state index contributed by atoms with van der Waals surface area (Å²) in [7, 11) is 0. The first-order valence-electron chi connectivity index (χ1n) is 6.70. The molecule has 1 fully saturated rings. The minimum atomic E-state index is -0.776. The van der Waals surface area contributed by atoms with Gasteiger partial charge in [0, 0.05) is 18.5 Å². The molecule has 0 bridgehead atoms. The quantitative estimate of drug-likeness (QED) is 0.839. The third-order valence-corrected chi connectivity index (χ3v) is 4.58. The molecule has 0 saturated carbocycles. The number of carbonyl (C=O) groups excluding carboxylic acids is 1. The zero-order valence-electron chi connectivity index (χ0n) is 12.1. The number of hydrogen-bond acceptors (Lipinski definition) is 2. The van der Waals surface area contributed by atoms with Crippen LogP contribution in [0.5, 0.6) is 0 Å². The first-order chi connectivity index (χ1) is 8.17. The fourth-order valence-corrected chi connectivity index (χ4v) is 2.48. The largest absolute Gasteiger partial charge is 0.481 e. The molecule has 4 nitrogen and oxygen atoms in total. The summed E-state index contributed by atoms with van der Waals surface area (Å²) in [5, 5.41) is 9.46. The van der Waals surface area contributed by atoms with Crippen LogP contribution < -0.4 is 0 Å². The molecule has 4 heteroatoms. The maximum Gasteiger partial charge on any atom is 0.311 e. The van der Waals surface area contributed by atoms with Crippen molar-refractivity contribution in [3.8, 4) is 0 Å². The average molecular weight is 255 g/mol. The van der Waals surface area contributed by atoms with Crippen LogP contribution in [0.25, 0.3) is 0 Å². The highest BCUT2D eigenvalue weighted by atomic mass is 16.4. The molecule has 1 saturated heterocycles. The maximum absolute atomic E-state index is 12.4. The lowest BCUT2D eigenvalue weighted by Gasteiger charge is -2.31. The van der Waals surface area contributed by atoms with Gasteiger partial charge in [-0.3, -0.25) is 9.59 Å². The van der Waals surface area contributed by atoms with Crippen LogP contribution in [0, 0.1) is 16.7 Å². The lowest BCUT2D eigenvalue weighted by Crippen LogP contribution is -2.44. The lowest BCUT2D eigenvalue weighted by atomic mass is 9.76. The molecule has 1 aliphatic rings. The van der Waals surface area contributed by atoms with Crippen molar-refractivity contribution in [3.05, 3.63) is 0 Å². The molecule has 18 heavy (non-hydrogen) atoms. The van der Waals surface area contributed by atoms with E-state index in [-0.39, 0.29) is 11.8 Å². The van der Waals surface area contributed by atoms with Crippen molar-refractivity contribution >= 4 is 11.9 Å². The van der Waals surface area contributed by atoms with Gasteiger partial charge in [-0.15, -0.1) is 0 Å². The third kappa shape index (κ3) is 2.38. The van der Waals surface area contributed by atoms with Gasteiger partial charge in [-0.1, -0.05) is 34.6 Å². The van der Waals surface area contributed by atoms with E-state index in [1.165, 1.54) is 0 Å². The Bertz CT molecular complexity index is 349. The molecule has 1 aliphatic heterocycles. The second-order valence-electron chi connectivity index (χ2n) is 6.33. The molecule has 0 aromatic carbocycles. The zero-order valence-corrected chi connectivity index (χ0v) is 12.1. The molecule has 1 rings (SSSR count). The predicted octanol–water partition coefficient (Wildman–Crippen LogP) is 2.38. The molecule has 1 N–H and O–H groups in total. The summed E-state index contributed by atoms with van der Waals surface area (Å²) < 4.78 is 0. The Hall–Kier alpha value is -1.06. The van der Waals surface area contributed by atoms with Gasteiger partial charge in [0.2, 0.25) is 5.91 Å². The first kappa shape index (κ1) is 15.0. The summed E-state index contributed by atoms with van der Waals surface area (Å²) in [6.07, 6.45) is 1.33. The van der Waals surface area contributed by atoms with Gasteiger partial charge in [-0.2, -0.15) is 0 Å². The van der Waals surface area contributed by atoms with Crippen molar-refractivity contribution in [1.82, 2.24) is 4.90 Å². The molecule has 1 amide bonds. The predicted molar refractivity (Wildman–Crippen MR) is 70.2 cm³/mol. The van der Waals surface area contributed by atoms with Crippen LogP contribution in [0.3, 0.4) is 0 Å². The van der Waals surface area contributed by atoms with Crippen molar-refractivity contribution in [1.29, 1.82) is 0 Å². The van der Waals surface area contributed by atoms with Crippen LogP contribution in [-0.4, -0.2) is 35.0 Å². The van der Waals surface area contributed by atoms with Gasteiger partial charge < -0.3 is 10.0 Å². The standard InChI is InChI=1S/C14H25NO3/c1-6-13(4,5)11(16)15-8-7-14(9-15,10(2)3)12(17)18/h10H,6-9H2,1-5H3,(H,17,18). The number of carboxylic acids is 1. The maximum atomic E-state index is 12.4. The van der Waals surface area contributed by atoms with Crippen molar-refractivity contribution in [2.75, 3.05) is 13.1 Å². The summed E-state index contributed by atoms with van der Waals surface area (Å²) in [6, 6.07) is 0. The fourth-order valence-electron chi connectivity index (χ4n) is 2.48. The number of likely N-dealkylation sites (tertiary alicyclic amines) is 1. The van der Waals surface area contributed by atoms with Crippen LogP contribution in [0.4, 0.5) is 0 Å². The molecule has 1 atom stereocenters. The number of rotatable bonds is 4. The van der Waals surface area contributed by atoms with Crippen molar-refractivity contribution in [2.45, 2.75) is 47.5 Å². The van der Waals surface area contributed by atoms with E-state index in [9.17, 15) is 14.7 Å². The van der Waals surface area contributed by atoms with E-state index in [1.807, 2.05) is 34.6 Å². The summed E-state index contributed by atoms with van der Waals surface area (Å²) in [4.78, 5) is 25.6. The summed E-state index contributed by atoms with van der Waals surface area (Å²) in [5.74, 6) is -0.659. The molecule has 0 aromatic rings. The number of carbonyl (C=O) groups is 2. The topological polar surface area (TPSA) is 57.6 Å². The Labute approximate surface area is 109 Å². The van der Waals surface area contributed by atoms with E-state index >= 15 is 0 Å². The molecule has 104 valence electrons. The minimum Gasteiger partial charge on any atom is -0.481 e. The molecule has 1 heterocycles. The van der Waals surface area contributed by atoms with E-state index in [2.05, 4.69) is 0 Å². The molecular weight excluding hydrogens is 230 g/mol.